The number of thioether (sulfide) groups is 2. The van der Waals surface area contributed by atoms with Crippen molar-refractivity contribution in [2.75, 3.05) is 39.6 Å². The van der Waals surface area contributed by atoms with E-state index >= 15 is 0 Å². The molecule has 54 heavy (non-hydrogen) atoms. The van der Waals surface area contributed by atoms with Crippen molar-refractivity contribution < 1.29 is 47.8 Å². The van der Waals surface area contributed by atoms with E-state index in [0.29, 0.717) is 57.8 Å². The van der Waals surface area contributed by atoms with E-state index in [-0.39, 0.29) is 19.5 Å². The van der Waals surface area contributed by atoms with Crippen LogP contribution in [0.4, 0.5) is 0 Å². The number of hydrogen-bond acceptors (Lipinski definition) is 12. The summed E-state index contributed by atoms with van der Waals surface area (Å²) in [4.78, 5) is 14.5. The van der Waals surface area contributed by atoms with E-state index in [1.165, 1.54) is 0 Å². The van der Waals surface area contributed by atoms with Crippen molar-refractivity contribution in [3.63, 3.8) is 0 Å². The van der Waals surface area contributed by atoms with Gasteiger partial charge >= 0.3 is 5.97 Å². The number of carbonyl (C=O) groups excluding carboxylic acids is 1. The Hall–Kier alpha value is -3.45. The zero-order valence-corrected chi connectivity index (χ0v) is 33.5. The Labute approximate surface area is 326 Å². The Balaban J connectivity index is 1.33. The number of rotatable bonds is 13. The highest BCUT2D eigenvalue weighted by atomic mass is 32.2. The molecule has 1 aliphatic carbocycles. The molecular formula is C42H52O10S2. The summed E-state index contributed by atoms with van der Waals surface area (Å²) >= 11 is 3.49. The number of hydrogen-bond donors (Lipinski definition) is 1. The van der Waals surface area contributed by atoms with Gasteiger partial charge in [0, 0.05) is 5.56 Å². The molecule has 3 unspecified atom stereocenters. The van der Waals surface area contributed by atoms with Gasteiger partial charge in [-0.05, 0) is 83.9 Å². The molecule has 12 heteroatoms. The molecular weight excluding hydrogens is 729 g/mol. The summed E-state index contributed by atoms with van der Waals surface area (Å²) < 4.78 is 48.3. The first-order valence-electron chi connectivity index (χ1n) is 18.9. The van der Waals surface area contributed by atoms with Gasteiger partial charge in [-0.2, -0.15) is 0 Å². The largest absolute Gasteiger partial charge is 0.493 e. The summed E-state index contributed by atoms with van der Waals surface area (Å²) in [6.45, 7) is 7.11. The van der Waals surface area contributed by atoms with Crippen LogP contribution in [0.15, 0.2) is 54.6 Å². The summed E-state index contributed by atoms with van der Waals surface area (Å²) in [5.41, 5.74) is 2.26. The first kappa shape index (κ1) is 38.8. The van der Waals surface area contributed by atoms with Gasteiger partial charge < -0.3 is 43.0 Å². The third-order valence-corrected chi connectivity index (χ3v) is 14.8. The summed E-state index contributed by atoms with van der Waals surface area (Å²) in [5, 5.41) is 12.6. The molecule has 3 aromatic carbocycles. The van der Waals surface area contributed by atoms with E-state index in [1.807, 2.05) is 42.5 Å². The number of aliphatic hydroxyl groups excluding tert-OH is 1. The standard InChI is InChI=1S/C42H52O10S2/c1-24(2)28-14-13-25(3)19-31(28)51-41-35(42(53-17-10-18-54-42)29-15-16-30-39(37(29)47-6)50-23-49-30)34(40(44)52-41)36(43)27-20-32(45-4)38(33(21-27)46-5)48-22-26-11-8-7-9-12-26/h7-9,11-12,15-16,20-21,24-25,28,31,34-36,41,43H,10,13-14,17-19,22-23H2,1-6H3/t25?,28?,31?,34-,35+,36+,41+/m0/s1. The highest BCUT2D eigenvalue weighted by molar-refractivity contribution is 8.18. The van der Waals surface area contributed by atoms with E-state index in [2.05, 4.69) is 20.8 Å². The molecule has 7 atom stereocenters. The van der Waals surface area contributed by atoms with Crippen LogP contribution < -0.4 is 28.4 Å². The van der Waals surface area contributed by atoms with Gasteiger partial charge in [0.1, 0.15) is 6.61 Å². The van der Waals surface area contributed by atoms with Crippen molar-refractivity contribution in [3.05, 3.63) is 71.3 Å². The van der Waals surface area contributed by atoms with Crippen molar-refractivity contribution in [3.8, 4) is 34.5 Å². The maximum atomic E-state index is 14.5. The molecule has 3 heterocycles. The van der Waals surface area contributed by atoms with Crippen LogP contribution in [0.2, 0.25) is 0 Å². The normalized spacial score (nSPS) is 26.6. The van der Waals surface area contributed by atoms with Gasteiger partial charge in [-0.1, -0.05) is 57.5 Å². The SMILES string of the molecule is COc1cc([C@@H](O)[C@H]2C(=O)O[C@@H](OC3CC(C)CCC3C(C)C)[C@@H]2C2(c3ccc4c(c3OC)OCO4)SCCCS2)cc(OC)c1OCc1ccccc1. The van der Waals surface area contributed by atoms with Gasteiger partial charge in [0.25, 0.3) is 0 Å². The lowest BCUT2D eigenvalue weighted by Crippen LogP contribution is -2.46. The van der Waals surface area contributed by atoms with Crippen molar-refractivity contribution >= 4 is 29.5 Å². The fourth-order valence-electron chi connectivity index (χ4n) is 8.53. The molecule has 0 bridgehead atoms. The highest BCUT2D eigenvalue weighted by Crippen LogP contribution is 2.65. The summed E-state index contributed by atoms with van der Waals surface area (Å²) in [7, 11) is 4.71. The molecule has 10 nitrogen and oxygen atoms in total. The van der Waals surface area contributed by atoms with Crippen molar-refractivity contribution in [2.24, 2.45) is 29.6 Å². The van der Waals surface area contributed by atoms with Crippen molar-refractivity contribution in [1.82, 2.24) is 0 Å². The first-order valence-corrected chi connectivity index (χ1v) is 20.9. The third kappa shape index (κ3) is 7.43. The molecule has 3 aromatic rings. The molecule has 0 amide bonds. The van der Waals surface area contributed by atoms with Crippen LogP contribution in [0, 0.1) is 29.6 Å². The Bertz CT molecular complexity index is 1740. The van der Waals surface area contributed by atoms with Gasteiger partial charge in [-0.25, -0.2) is 0 Å². The minimum Gasteiger partial charge on any atom is -0.493 e. The summed E-state index contributed by atoms with van der Waals surface area (Å²) in [6.07, 6.45) is 1.68. The monoisotopic (exact) mass is 780 g/mol. The molecule has 0 spiro atoms. The Morgan fingerprint density at radius 1 is 0.926 bits per heavy atom. The average Bonchev–Trinajstić information content (AvgIpc) is 3.80. The number of benzene rings is 3. The quantitative estimate of drug-likeness (QED) is 0.168. The van der Waals surface area contributed by atoms with Crippen LogP contribution in [-0.2, 0) is 25.0 Å². The lowest BCUT2D eigenvalue weighted by molar-refractivity contribution is -0.197. The van der Waals surface area contributed by atoms with E-state index in [4.69, 9.17) is 37.9 Å². The Kier molecular flexibility index (Phi) is 12.0. The van der Waals surface area contributed by atoms with E-state index in [0.717, 1.165) is 48.3 Å². The van der Waals surface area contributed by atoms with Gasteiger partial charge in [0.05, 0.1) is 49.5 Å². The second-order valence-corrected chi connectivity index (χ2v) is 17.9. The molecule has 7 rings (SSSR count). The minimum atomic E-state index is -1.31. The van der Waals surface area contributed by atoms with Gasteiger partial charge in [-0.3, -0.25) is 4.79 Å². The second-order valence-electron chi connectivity index (χ2n) is 14.9. The maximum absolute atomic E-state index is 14.5. The van der Waals surface area contributed by atoms with Gasteiger partial charge in [0.15, 0.2) is 23.0 Å². The Morgan fingerprint density at radius 3 is 2.31 bits per heavy atom. The average molecular weight is 781 g/mol. The molecule has 4 aliphatic rings. The summed E-state index contributed by atoms with van der Waals surface area (Å²) in [5.74, 6) is 3.49. The maximum Gasteiger partial charge on any atom is 0.314 e. The minimum absolute atomic E-state index is 0.0890. The lowest BCUT2D eigenvalue weighted by atomic mass is 9.75. The predicted octanol–water partition coefficient (Wildman–Crippen LogP) is 8.37. The first-order chi connectivity index (χ1) is 26.2. The van der Waals surface area contributed by atoms with E-state index < -0.39 is 34.3 Å². The number of methoxy groups -OCH3 is 3. The van der Waals surface area contributed by atoms with E-state index in [9.17, 15) is 9.90 Å². The number of esters is 1. The zero-order valence-electron chi connectivity index (χ0n) is 31.9. The number of carbonyl (C=O) groups is 1. The number of cyclic esters (lactones) is 1. The van der Waals surface area contributed by atoms with Crippen LogP contribution in [-0.4, -0.2) is 63.1 Å². The molecule has 0 radical (unpaired) electrons. The van der Waals surface area contributed by atoms with Crippen LogP contribution in [0.3, 0.4) is 0 Å². The predicted molar refractivity (Wildman–Crippen MR) is 209 cm³/mol. The topological polar surface area (TPSA) is 111 Å². The van der Waals surface area contributed by atoms with E-state index in [1.54, 1.807) is 57.0 Å². The van der Waals surface area contributed by atoms with Crippen LogP contribution in [0.25, 0.3) is 0 Å². The summed E-state index contributed by atoms with van der Waals surface area (Å²) in [6, 6.07) is 17.2. The zero-order chi connectivity index (χ0) is 38.0. The van der Waals surface area contributed by atoms with Crippen LogP contribution in [0.5, 0.6) is 34.5 Å². The third-order valence-electron chi connectivity index (χ3n) is 11.3. The van der Waals surface area contributed by atoms with Crippen molar-refractivity contribution in [1.29, 1.82) is 0 Å². The molecule has 3 fully saturated rings. The fourth-order valence-corrected chi connectivity index (χ4v) is 12.3. The van der Waals surface area contributed by atoms with Gasteiger partial charge in [0.2, 0.25) is 24.6 Å². The van der Waals surface area contributed by atoms with Gasteiger partial charge in [-0.15, -0.1) is 23.5 Å². The molecule has 0 aromatic heterocycles. The molecule has 292 valence electrons. The number of fused-ring (bicyclic) bond motifs is 1. The smallest absolute Gasteiger partial charge is 0.314 e. The second kappa shape index (κ2) is 16.7. The fraction of sp³-hybridized carbons (Fsp3) is 0.548. The molecule has 1 saturated carbocycles. The van der Waals surface area contributed by atoms with Crippen LogP contribution >= 0.6 is 23.5 Å². The number of ether oxygens (including phenoxy) is 8. The highest BCUT2D eigenvalue weighted by Gasteiger charge is 2.62. The molecule has 3 aliphatic heterocycles. The Morgan fingerprint density at radius 2 is 1.65 bits per heavy atom. The molecule has 2 saturated heterocycles. The van der Waals surface area contributed by atoms with Crippen molar-refractivity contribution in [2.45, 2.75) is 75.6 Å². The van der Waals surface area contributed by atoms with Crippen LogP contribution in [0.1, 0.15) is 69.2 Å². The lowest BCUT2D eigenvalue weighted by Gasteiger charge is -2.46. The molecule has 1 N–H and O–H groups in total. The number of aliphatic hydroxyl groups is 1.